The van der Waals surface area contributed by atoms with Gasteiger partial charge in [0.15, 0.2) is 4.32 Å². The quantitative estimate of drug-likeness (QED) is 0.244. The van der Waals surface area contributed by atoms with Crippen molar-refractivity contribution in [1.29, 1.82) is 0 Å². The van der Waals surface area contributed by atoms with Crippen molar-refractivity contribution in [3.8, 4) is 5.75 Å². The highest BCUT2D eigenvalue weighted by Crippen LogP contribution is 2.38. The Labute approximate surface area is 206 Å². The van der Waals surface area contributed by atoms with E-state index < -0.39 is 5.82 Å². The minimum Gasteiger partial charge on any atom is -0.488 e. The van der Waals surface area contributed by atoms with Crippen molar-refractivity contribution in [2.75, 3.05) is 4.90 Å². The highest BCUT2D eigenvalue weighted by Gasteiger charge is 2.33. The normalized spacial score (nSPS) is 15.0. The average Bonchev–Trinajstić information content (AvgIpc) is 3.03. The molecule has 1 aliphatic rings. The van der Waals surface area contributed by atoms with Crippen molar-refractivity contribution in [3.63, 3.8) is 0 Å². The van der Waals surface area contributed by atoms with E-state index in [4.69, 9.17) is 28.6 Å². The molecule has 0 unspecified atom stereocenters. The number of rotatable bonds is 5. The van der Waals surface area contributed by atoms with Crippen molar-refractivity contribution in [2.24, 2.45) is 0 Å². The molecule has 0 spiro atoms. The molecule has 162 valence electrons. The van der Waals surface area contributed by atoms with E-state index in [9.17, 15) is 13.6 Å². The van der Waals surface area contributed by atoms with Crippen LogP contribution >= 0.6 is 51.5 Å². The van der Waals surface area contributed by atoms with Gasteiger partial charge < -0.3 is 4.74 Å². The molecule has 0 bridgehead atoms. The second-order valence-corrected chi connectivity index (χ2v) is 9.68. The van der Waals surface area contributed by atoms with Crippen LogP contribution in [0.2, 0.25) is 5.02 Å². The molecule has 1 fully saturated rings. The molecule has 0 saturated carbocycles. The fraction of sp³-hybridized carbons (Fsp3) is 0.0435. The molecule has 1 aliphatic heterocycles. The van der Waals surface area contributed by atoms with E-state index in [1.54, 1.807) is 42.5 Å². The van der Waals surface area contributed by atoms with Crippen LogP contribution in [0.1, 0.15) is 11.1 Å². The van der Waals surface area contributed by atoms with E-state index in [0.29, 0.717) is 31.8 Å². The second kappa shape index (κ2) is 9.70. The monoisotopic (exact) mass is 551 g/mol. The molecule has 0 N–H and O–H groups in total. The fourth-order valence-corrected chi connectivity index (χ4v) is 4.83. The van der Waals surface area contributed by atoms with E-state index in [-0.39, 0.29) is 23.4 Å². The Balaban J connectivity index is 1.62. The van der Waals surface area contributed by atoms with Crippen molar-refractivity contribution in [1.82, 2.24) is 0 Å². The third-order valence-corrected chi connectivity index (χ3v) is 6.64. The molecular formula is C23H13BrClF2NO2S2. The lowest BCUT2D eigenvalue weighted by atomic mass is 10.1. The van der Waals surface area contributed by atoms with E-state index in [1.165, 1.54) is 29.2 Å². The number of halogens is 4. The smallest absolute Gasteiger partial charge is 0.270 e. The van der Waals surface area contributed by atoms with Gasteiger partial charge in [0.25, 0.3) is 5.91 Å². The zero-order valence-corrected chi connectivity index (χ0v) is 20.1. The number of nitrogens with zero attached hydrogens (tertiary/aromatic N) is 1. The number of amides is 1. The van der Waals surface area contributed by atoms with Gasteiger partial charge in [0.2, 0.25) is 0 Å². The minimum absolute atomic E-state index is 0.0319. The van der Waals surface area contributed by atoms with Gasteiger partial charge in [0.05, 0.1) is 15.6 Å². The Bertz CT molecular complexity index is 1270. The lowest BCUT2D eigenvalue weighted by molar-refractivity contribution is -0.113. The Morgan fingerprint density at radius 3 is 2.62 bits per heavy atom. The lowest BCUT2D eigenvalue weighted by Gasteiger charge is -2.15. The molecule has 0 aliphatic carbocycles. The Morgan fingerprint density at radius 1 is 1.09 bits per heavy atom. The average molecular weight is 553 g/mol. The molecule has 0 aromatic heterocycles. The van der Waals surface area contributed by atoms with Crippen LogP contribution in [-0.2, 0) is 11.4 Å². The second-order valence-electron chi connectivity index (χ2n) is 6.68. The van der Waals surface area contributed by atoms with Crippen LogP contribution in [0.15, 0.2) is 70.0 Å². The lowest BCUT2D eigenvalue weighted by Crippen LogP contribution is -2.27. The Morgan fingerprint density at radius 2 is 1.88 bits per heavy atom. The maximum Gasteiger partial charge on any atom is 0.270 e. The molecule has 0 atom stereocenters. The third kappa shape index (κ3) is 4.88. The number of carbonyl (C=O) groups excluding carboxylic acids is 1. The molecule has 3 aromatic rings. The van der Waals surface area contributed by atoms with E-state index >= 15 is 0 Å². The third-order valence-electron chi connectivity index (χ3n) is 4.55. The van der Waals surface area contributed by atoms with Gasteiger partial charge >= 0.3 is 0 Å². The van der Waals surface area contributed by atoms with Gasteiger partial charge in [-0.2, -0.15) is 0 Å². The first-order valence-electron chi connectivity index (χ1n) is 9.22. The van der Waals surface area contributed by atoms with E-state index in [1.807, 2.05) is 0 Å². The number of ether oxygens (including phenoxy) is 1. The number of hydrogen-bond acceptors (Lipinski definition) is 4. The van der Waals surface area contributed by atoms with Gasteiger partial charge in [-0.1, -0.05) is 69.7 Å². The molecular weight excluding hydrogens is 540 g/mol. The predicted octanol–water partition coefficient (Wildman–Crippen LogP) is 7.37. The number of thioether (sulfide) groups is 1. The maximum atomic E-state index is 13.9. The summed E-state index contributed by atoms with van der Waals surface area (Å²) < 4.78 is 34.4. The summed E-state index contributed by atoms with van der Waals surface area (Å²) in [5.74, 6) is -0.818. The molecule has 3 aromatic carbocycles. The number of anilines is 1. The van der Waals surface area contributed by atoms with Crippen LogP contribution in [0.4, 0.5) is 14.5 Å². The summed E-state index contributed by atoms with van der Waals surface area (Å²) in [7, 11) is 0. The largest absolute Gasteiger partial charge is 0.488 e. The van der Waals surface area contributed by atoms with Gasteiger partial charge in [-0.25, -0.2) is 8.78 Å². The van der Waals surface area contributed by atoms with E-state index in [2.05, 4.69) is 15.9 Å². The summed E-state index contributed by atoms with van der Waals surface area (Å²) >= 11 is 15.8. The zero-order chi connectivity index (χ0) is 22.8. The SMILES string of the molecule is O=C1C(=Cc2cc(Br)ccc2OCc2ccccc2F)SC(=S)N1c1ccc(F)c(Cl)c1. The van der Waals surface area contributed by atoms with Crippen LogP contribution in [0, 0.1) is 11.6 Å². The molecule has 32 heavy (non-hydrogen) atoms. The van der Waals surface area contributed by atoms with Gasteiger partial charge in [0, 0.05) is 15.6 Å². The van der Waals surface area contributed by atoms with Crippen LogP contribution in [0.5, 0.6) is 5.75 Å². The highest BCUT2D eigenvalue weighted by molar-refractivity contribution is 9.10. The van der Waals surface area contributed by atoms with Crippen LogP contribution in [-0.4, -0.2) is 10.2 Å². The molecule has 1 saturated heterocycles. The van der Waals surface area contributed by atoms with Gasteiger partial charge in [0.1, 0.15) is 24.0 Å². The van der Waals surface area contributed by atoms with Gasteiger partial charge in [-0.15, -0.1) is 0 Å². The zero-order valence-electron chi connectivity index (χ0n) is 16.2. The summed E-state index contributed by atoms with van der Waals surface area (Å²) in [6, 6.07) is 15.7. The molecule has 1 heterocycles. The molecule has 0 radical (unpaired) electrons. The summed E-state index contributed by atoms with van der Waals surface area (Å²) in [4.78, 5) is 14.7. The molecule has 3 nitrogen and oxygen atoms in total. The predicted molar refractivity (Wildman–Crippen MR) is 132 cm³/mol. The number of thiocarbonyl (C=S) groups is 1. The van der Waals surface area contributed by atoms with Gasteiger partial charge in [-0.3, -0.25) is 9.69 Å². The van der Waals surface area contributed by atoms with E-state index in [0.717, 1.165) is 16.2 Å². The maximum absolute atomic E-state index is 13.9. The highest BCUT2D eigenvalue weighted by atomic mass is 79.9. The summed E-state index contributed by atoms with van der Waals surface area (Å²) in [5.41, 5.74) is 1.42. The standard InChI is InChI=1S/C23H13BrClF2NO2S2/c24-15-5-8-20(30-12-13-3-1-2-4-18(13)26)14(9-15)10-21-22(29)28(23(31)32-21)16-6-7-19(27)17(25)11-16/h1-11H,12H2. The molecule has 9 heteroatoms. The van der Waals surface area contributed by atoms with Crippen molar-refractivity contribution in [3.05, 3.63) is 97.8 Å². The summed E-state index contributed by atoms with van der Waals surface area (Å²) in [5, 5.41) is -0.101. The molecule has 1 amide bonds. The van der Waals surface area contributed by atoms with Crippen molar-refractivity contribution in [2.45, 2.75) is 6.61 Å². The van der Waals surface area contributed by atoms with Crippen molar-refractivity contribution >= 4 is 73.5 Å². The van der Waals surface area contributed by atoms with Crippen LogP contribution in [0.25, 0.3) is 6.08 Å². The first-order chi connectivity index (χ1) is 15.3. The van der Waals surface area contributed by atoms with Crippen LogP contribution < -0.4 is 9.64 Å². The topological polar surface area (TPSA) is 29.5 Å². The minimum atomic E-state index is -0.581. The Hall–Kier alpha value is -2.26. The van der Waals surface area contributed by atoms with Crippen molar-refractivity contribution < 1.29 is 18.3 Å². The first-order valence-corrected chi connectivity index (χ1v) is 11.6. The number of benzene rings is 3. The summed E-state index contributed by atoms with van der Waals surface area (Å²) in [6.45, 7) is 0.0319. The number of hydrogen-bond donors (Lipinski definition) is 0. The Kier molecular flexibility index (Phi) is 6.95. The van der Waals surface area contributed by atoms with Gasteiger partial charge in [-0.05, 0) is 48.5 Å². The first kappa shape index (κ1) is 22.9. The van der Waals surface area contributed by atoms with Crippen LogP contribution in [0.3, 0.4) is 0 Å². The summed E-state index contributed by atoms with van der Waals surface area (Å²) in [6.07, 6.45) is 1.66. The fourth-order valence-electron chi connectivity index (χ4n) is 2.99. The molecule has 4 rings (SSSR count). The number of carbonyl (C=O) groups is 1.